The number of pyridine rings is 1. The predicted octanol–water partition coefficient (Wildman–Crippen LogP) is 3.76. The van der Waals surface area contributed by atoms with Crippen LogP contribution in [0.2, 0.25) is 0 Å². The van der Waals surface area contributed by atoms with E-state index >= 15 is 0 Å². The predicted molar refractivity (Wildman–Crippen MR) is 130 cm³/mol. The number of nitrogens with one attached hydrogen (secondary N) is 1. The van der Waals surface area contributed by atoms with Gasteiger partial charge in [0.25, 0.3) is 0 Å². The second-order valence-electron chi connectivity index (χ2n) is 9.01. The van der Waals surface area contributed by atoms with Crippen LogP contribution in [0.25, 0.3) is 16.7 Å². The highest BCUT2D eigenvalue weighted by atomic mass is 15.3. The smallest absolute Gasteiger partial charge is 0.230 e. The maximum absolute atomic E-state index is 6.13. The summed E-state index contributed by atoms with van der Waals surface area (Å²) in [6.07, 6.45) is 9.84. The van der Waals surface area contributed by atoms with Crippen LogP contribution in [0.1, 0.15) is 43.8 Å². The van der Waals surface area contributed by atoms with Gasteiger partial charge in [0, 0.05) is 49.5 Å². The monoisotopic (exact) mass is 432 g/mol. The van der Waals surface area contributed by atoms with Gasteiger partial charge in [0.15, 0.2) is 0 Å². The molecule has 2 fully saturated rings. The summed E-state index contributed by atoms with van der Waals surface area (Å²) in [7, 11) is 2.16. The first-order valence-electron chi connectivity index (χ1n) is 11.6. The molecular weight excluding hydrogens is 400 g/mol. The van der Waals surface area contributed by atoms with Crippen molar-refractivity contribution in [2.45, 2.75) is 38.1 Å². The van der Waals surface area contributed by atoms with Crippen molar-refractivity contribution in [1.82, 2.24) is 24.4 Å². The van der Waals surface area contributed by atoms with Gasteiger partial charge in [0.1, 0.15) is 11.5 Å². The Morgan fingerprint density at radius 2 is 1.84 bits per heavy atom. The second-order valence-corrected chi connectivity index (χ2v) is 9.01. The largest absolute Gasteiger partial charge is 0.398 e. The molecular formula is C24H32N8. The molecule has 0 radical (unpaired) electrons. The average molecular weight is 433 g/mol. The Labute approximate surface area is 189 Å². The van der Waals surface area contributed by atoms with E-state index in [0.717, 1.165) is 67.3 Å². The summed E-state index contributed by atoms with van der Waals surface area (Å²) in [5.74, 6) is 1.28. The number of rotatable bonds is 5. The molecule has 168 valence electrons. The highest BCUT2D eigenvalue weighted by Crippen LogP contribution is 2.34. The fourth-order valence-corrected chi connectivity index (χ4v) is 4.85. The van der Waals surface area contributed by atoms with Crippen molar-refractivity contribution in [3.05, 3.63) is 42.9 Å². The molecule has 0 unspecified atom stereocenters. The summed E-state index contributed by atoms with van der Waals surface area (Å²) in [5.41, 5.74) is 9.72. The van der Waals surface area contributed by atoms with Gasteiger partial charge in [-0.15, -0.1) is 0 Å². The average Bonchev–Trinajstić information content (AvgIpc) is 3.20. The van der Waals surface area contributed by atoms with E-state index in [1.807, 2.05) is 18.5 Å². The maximum Gasteiger partial charge on any atom is 0.230 e. The minimum atomic E-state index is 0.403. The van der Waals surface area contributed by atoms with Crippen LogP contribution < -0.4 is 16.0 Å². The van der Waals surface area contributed by atoms with Gasteiger partial charge in [0.2, 0.25) is 5.95 Å². The number of nitrogens with zero attached hydrogens (tertiary/aromatic N) is 6. The van der Waals surface area contributed by atoms with Crippen LogP contribution in [0.15, 0.2) is 37.2 Å². The lowest BCUT2D eigenvalue weighted by Crippen LogP contribution is -2.44. The van der Waals surface area contributed by atoms with Crippen molar-refractivity contribution in [3.8, 4) is 0 Å². The molecule has 32 heavy (non-hydrogen) atoms. The van der Waals surface area contributed by atoms with Crippen molar-refractivity contribution in [2.24, 2.45) is 5.73 Å². The highest BCUT2D eigenvalue weighted by Gasteiger charge is 2.22. The molecule has 1 aliphatic carbocycles. The molecule has 0 amide bonds. The van der Waals surface area contributed by atoms with Crippen LogP contribution in [0, 0.1) is 0 Å². The minimum Gasteiger partial charge on any atom is -0.398 e. The summed E-state index contributed by atoms with van der Waals surface area (Å²) in [5, 5.41) is 4.26. The van der Waals surface area contributed by atoms with Crippen molar-refractivity contribution in [2.75, 3.05) is 43.4 Å². The third-order valence-corrected chi connectivity index (χ3v) is 6.70. The molecule has 1 saturated carbocycles. The Bertz CT molecular complexity index is 1090. The van der Waals surface area contributed by atoms with Crippen LogP contribution in [0.5, 0.6) is 0 Å². The normalized spacial score (nSPS) is 18.2. The van der Waals surface area contributed by atoms with E-state index in [1.54, 1.807) is 0 Å². The van der Waals surface area contributed by atoms with Crippen LogP contribution in [0.3, 0.4) is 0 Å². The third-order valence-electron chi connectivity index (χ3n) is 6.70. The highest BCUT2D eigenvalue weighted by molar-refractivity contribution is 5.82. The Kier molecular flexibility index (Phi) is 5.70. The third kappa shape index (κ3) is 4.14. The van der Waals surface area contributed by atoms with Gasteiger partial charge in [-0.05, 0) is 38.1 Å². The summed E-state index contributed by atoms with van der Waals surface area (Å²) < 4.78 is 2.27. The molecule has 8 heteroatoms. The zero-order valence-corrected chi connectivity index (χ0v) is 18.8. The first-order valence-corrected chi connectivity index (χ1v) is 11.6. The van der Waals surface area contributed by atoms with Crippen molar-refractivity contribution in [1.29, 1.82) is 0 Å². The maximum atomic E-state index is 6.13. The molecule has 0 bridgehead atoms. The van der Waals surface area contributed by atoms with Gasteiger partial charge in [-0.1, -0.05) is 25.8 Å². The molecule has 0 atom stereocenters. The van der Waals surface area contributed by atoms with E-state index in [2.05, 4.69) is 55.4 Å². The van der Waals surface area contributed by atoms with E-state index in [0.29, 0.717) is 17.7 Å². The Morgan fingerprint density at radius 3 is 2.53 bits per heavy atom. The SMILES string of the molecule is C=C(N)c1cc2cnc(Nc3ccc(N4CCN(C)CC4)cn3)nc2n1C1CCCCC1. The molecule has 3 N–H and O–H groups in total. The van der Waals surface area contributed by atoms with Gasteiger partial charge in [0.05, 0.1) is 17.6 Å². The molecule has 1 aliphatic heterocycles. The number of hydrogen-bond donors (Lipinski definition) is 2. The van der Waals surface area contributed by atoms with Gasteiger partial charge in [-0.25, -0.2) is 9.97 Å². The zero-order valence-electron chi connectivity index (χ0n) is 18.8. The lowest BCUT2D eigenvalue weighted by atomic mass is 9.95. The van der Waals surface area contributed by atoms with Crippen LogP contribution in [-0.4, -0.2) is 57.6 Å². The molecule has 4 heterocycles. The number of fused-ring (bicyclic) bond motifs is 1. The summed E-state index contributed by atoms with van der Waals surface area (Å²) >= 11 is 0. The van der Waals surface area contributed by atoms with Crippen LogP contribution in [0.4, 0.5) is 17.5 Å². The molecule has 5 rings (SSSR count). The van der Waals surface area contributed by atoms with Gasteiger partial charge < -0.3 is 25.4 Å². The van der Waals surface area contributed by atoms with Crippen molar-refractivity contribution < 1.29 is 0 Å². The fourth-order valence-electron chi connectivity index (χ4n) is 4.85. The summed E-state index contributed by atoms with van der Waals surface area (Å²) in [6, 6.07) is 6.56. The number of piperazine rings is 1. The molecule has 8 nitrogen and oxygen atoms in total. The van der Waals surface area contributed by atoms with Crippen LogP contribution >= 0.6 is 0 Å². The summed E-state index contributed by atoms with van der Waals surface area (Å²) in [4.78, 5) is 18.7. The molecule has 3 aromatic heterocycles. The van der Waals surface area contributed by atoms with E-state index < -0.39 is 0 Å². The molecule has 0 spiro atoms. The lowest BCUT2D eigenvalue weighted by Gasteiger charge is -2.33. The summed E-state index contributed by atoms with van der Waals surface area (Å²) in [6.45, 7) is 8.19. The molecule has 1 saturated heterocycles. The Morgan fingerprint density at radius 1 is 1.06 bits per heavy atom. The number of hydrogen-bond acceptors (Lipinski definition) is 7. The molecule has 3 aromatic rings. The molecule has 2 aliphatic rings. The quantitative estimate of drug-likeness (QED) is 0.635. The zero-order chi connectivity index (χ0) is 22.1. The van der Waals surface area contributed by atoms with Crippen molar-refractivity contribution in [3.63, 3.8) is 0 Å². The van der Waals surface area contributed by atoms with E-state index in [-0.39, 0.29) is 0 Å². The van der Waals surface area contributed by atoms with Gasteiger partial charge in [-0.3, -0.25) is 0 Å². The van der Waals surface area contributed by atoms with Gasteiger partial charge in [-0.2, -0.15) is 4.98 Å². The first kappa shape index (κ1) is 20.8. The first-order chi connectivity index (χ1) is 15.6. The minimum absolute atomic E-state index is 0.403. The van der Waals surface area contributed by atoms with E-state index in [9.17, 15) is 0 Å². The fraction of sp³-hybridized carbons (Fsp3) is 0.458. The number of likely N-dealkylation sites (N-methyl/N-ethyl adjacent to an activating group) is 1. The van der Waals surface area contributed by atoms with Crippen LogP contribution in [-0.2, 0) is 0 Å². The standard InChI is InChI=1S/C24H32N8/c1-17(25)21-14-18-15-27-24(29-23(18)32(21)19-6-4-3-5-7-19)28-22-9-8-20(16-26-22)31-12-10-30(2)11-13-31/h8-9,14-16,19H,1,3-7,10-13,25H2,2H3,(H,26,27,28,29). The number of anilines is 3. The van der Waals surface area contributed by atoms with E-state index in [1.165, 1.54) is 19.3 Å². The Hall–Kier alpha value is -3.13. The van der Waals surface area contributed by atoms with Crippen molar-refractivity contribution >= 4 is 34.2 Å². The Balaban J connectivity index is 1.39. The van der Waals surface area contributed by atoms with Gasteiger partial charge >= 0.3 is 0 Å². The molecule has 0 aromatic carbocycles. The topological polar surface area (TPSA) is 88.1 Å². The number of nitrogens with two attached hydrogens (primary N) is 1. The second kappa shape index (κ2) is 8.78. The number of aromatic nitrogens is 4. The van der Waals surface area contributed by atoms with E-state index in [4.69, 9.17) is 10.7 Å². The lowest BCUT2D eigenvalue weighted by molar-refractivity contribution is 0.313.